The fourth-order valence-electron chi connectivity index (χ4n) is 1.88. The van der Waals surface area contributed by atoms with Crippen LogP contribution in [-0.2, 0) is 0 Å². The lowest BCUT2D eigenvalue weighted by Crippen LogP contribution is -1.89. The summed E-state index contributed by atoms with van der Waals surface area (Å²) in [5.41, 5.74) is 2.19. The van der Waals surface area contributed by atoms with E-state index in [1.807, 2.05) is 0 Å². The highest BCUT2D eigenvalue weighted by molar-refractivity contribution is 5.92. The molecule has 88 valence electrons. The molecule has 0 unspecified atom stereocenters. The molecule has 4 heteroatoms. The lowest BCUT2D eigenvalue weighted by Gasteiger charge is -2.05. The minimum Gasteiger partial charge on any atom is -0.508 e. The Kier molecular flexibility index (Phi) is 2.41. The molecule has 3 nitrogen and oxygen atoms in total. The first-order valence-corrected chi connectivity index (χ1v) is 5.44. The van der Waals surface area contributed by atoms with Gasteiger partial charge in [0, 0.05) is 17.0 Å². The molecule has 18 heavy (non-hydrogen) atoms. The molecule has 1 heterocycles. The van der Waals surface area contributed by atoms with Gasteiger partial charge in [0.15, 0.2) is 0 Å². The van der Waals surface area contributed by atoms with Gasteiger partial charge in [-0.05, 0) is 36.4 Å². The van der Waals surface area contributed by atoms with Gasteiger partial charge in [-0.25, -0.2) is 14.4 Å². The van der Waals surface area contributed by atoms with Crippen molar-refractivity contribution in [1.29, 1.82) is 0 Å². The molecule has 1 aromatic heterocycles. The fourth-order valence-corrected chi connectivity index (χ4v) is 1.88. The number of benzene rings is 2. The van der Waals surface area contributed by atoms with E-state index in [0.717, 1.165) is 16.6 Å². The van der Waals surface area contributed by atoms with E-state index in [1.165, 1.54) is 18.5 Å². The van der Waals surface area contributed by atoms with E-state index in [1.54, 1.807) is 30.3 Å². The minimum atomic E-state index is -0.283. The number of phenols is 1. The number of halogens is 1. The van der Waals surface area contributed by atoms with Crippen LogP contribution in [0.15, 0.2) is 48.8 Å². The smallest absolute Gasteiger partial charge is 0.123 e. The summed E-state index contributed by atoms with van der Waals surface area (Å²) in [4.78, 5) is 8.32. The predicted molar refractivity (Wildman–Crippen MR) is 66.6 cm³/mol. The molecule has 3 rings (SSSR count). The van der Waals surface area contributed by atoms with E-state index < -0.39 is 0 Å². The Morgan fingerprint density at radius 1 is 0.944 bits per heavy atom. The van der Waals surface area contributed by atoms with E-state index in [2.05, 4.69) is 9.97 Å². The molecule has 0 aliphatic carbocycles. The second-order valence-electron chi connectivity index (χ2n) is 3.93. The molecule has 0 saturated heterocycles. The number of nitrogens with zero attached hydrogens (tertiary/aromatic N) is 2. The minimum absolute atomic E-state index is 0.159. The molecular weight excluding hydrogens is 231 g/mol. The topological polar surface area (TPSA) is 46.0 Å². The third-order valence-electron chi connectivity index (χ3n) is 2.74. The van der Waals surface area contributed by atoms with Gasteiger partial charge in [0.05, 0.1) is 11.2 Å². The Morgan fingerprint density at radius 3 is 2.50 bits per heavy atom. The van der Waals surface area contributed by atoms with E-state index in [-0.39, 0.29) is 11.6 Å². The van der Waals surface area contributed by atoms with Crippen LogP contribution in [0.3, 0.4) is 0 Å². The van der Waals surface area contributed by atoms with Gasteiger partial charge in [0.2, 0.25) is 0 Å². The van der Waals surface area contributed by atoms with Gasteiger partial charge < -0.3 is 5.11 Å². The van der Waals surface area contributed by atoms with Gasteiger partial charge in [-0.1, -0.05) is 0 Å². The molecule has 0 bridgehead atoms. The van der Waals surface area contributed by atoms with E-state index in [4.69, 9.17) is 0 Å². The van der Waals surface area contributed by atoms with Crippen LogP contribution >= 0.6 is 0 Å². The molecule has 0 aliphatic heterocycles. The molecule has 0 radical (unpaired) electrons. The fraction of sp³-hybridized carbons (Fsp3) is 0. The van der Waals surface area contributed by atoms with Crippen LogP contribution in [0, 0.1) is 5.82 Å². The molecule has 3 aromatic rings. The van der Waals surface area contributed by atoms with Gasteiger partial charge in [-0.3, -0.25) is 0 Å². The Morgan fingerprint density at radius 2 is 1.72 bits per heavy atom. The van der Waals surface area contributed by atoms with Crippen LogP contribution in [0.25, 0.3) is 22.2 Å². The Labute approximate surface area is 103 Å². The van der Waals surface area contributed by atoms with Crippen LogP contribution in [0.2, 0.25) is 0 Å². The number of rotatable bonds is 1. The molecule has 1 N–H and O–H groups in total. The normalized spacial score (nSPS) is 10.7. The summed E-state index contributed by atoms with van der Waals surface area (Å²) in [7, 11) is 0. The van der Waals surface area contributed by atoms with Crippen molar-refractivity contribution in [2.24, 2.45) is 0 Å². The van der Waals surface area contributed by atoms with E-state index in [9.17, 15) is 9.50 Å². The van der Waals surface area contributed by atoms with Crippen molar-refractivity contribution >= 4 is 10.9 Å². The van der Waals surface area contributed by atoms with E-state index >= 15 is 0 Å². The van der Waals surface area contributed by atoms with Crippen LogP contribution in [0.1, 0.15) is 0 Å². The van der Waals surface area contributed by atoms with Gasteiger partial charge in [-0.15, -0.1) is 0 Å². The van der Waals surface area contributed by atoms with Crippen molar-refractivity contribution in [2.45, 2.75) is 0 Å². The molecule has 0 atom stereocenters. The first-order valence-electron chi connectivity index (χ1n) is 5.44. The van der Waals surface area contributed by atoms with Crippen molar-refractivity contribution in [2.75, 3.05) is 0 Å². The molecular formula is C14H9FN2O. The van der Waals surface area contributed by atoms with Crippen molar-refractivity contribution in [3.05, 3.63) is 54.6 Å². The third-order valence-corrected chi connectivity index (χ3v) is 2.74. The monoisotopic (exact) mass is 240 g/mol. The van der Waals surface area contributed by atoms with Gasteiger partial charge in [-0.2, -0.15) is 0 Å². The molecule has 0 fully saturated rings. The predicted octanol–water partition coefficient (Wildman–Crippen LogP) is 3.14. The maximum absolute atomic E-state index is 12.9. The van der Waals surface area contributed by atoms with Gasteiger partial charge in [0.25, 0.3) is 0 Å². The van der Waals surface area contributed by atoms with Gasteiger partial charge >= 0.3 is 0 Å². The maximum atomic E-state index is 12.9. The lowest BCUT2D eigenvalue weighted by atomic mass is 10.1. The summed E-state index contributed by atoms with van der Waals surface area (Å²) >= 11 is 0. The number of fused-ring (bicyclic) bond motifs is 1. The summed E-state index contributed by atoms with van der Waals surface area (Å²) in [6.07, 6.45) is 1.43. The first-order chi connectivity index (χ1) is 8.74. The average molecular weight is 240 g/mol. The first kappa shape index (κ1) is 10.7. The number of hydrogen-bond acceptors (Lipinski definition) is 3. The second kappa shape index (κ2) is 4.07. The van der Waals surface area contributed by atoms with Crippen LogP contribution in [0.4, 0.5) is 4.39 Å². The largest absolute Gasteiger partial charge is 0.508 e. The summed E-state index contributed by atoms with van der Waals surface area (Å²) < 4.78 is 12.9. The summed E-state index contributed by atoms with van der Waals surface area (Å²) in [6, 6.07) is 11.0. The zero-order chi connectivity index (χ0) is 12.5. The van der Waals surface area contributed by atoms with Crippen molar-refractivity contribution in [3.63, 3.8) is 0 Å². The number of aromatic nitrogens is 2. The molecule has 0 spiro atoms. The highest BCUT2D eigenvalue weighted by Crippen LogP contribution is 2.27. The maximum Gasteiger partial charge on any atom is 0.123 e. The van der Waals surface area contributed by atoms with Crippen molar-refractivity contribution < 1.29 is 9.50 Å². The van der Waals surface area contributed by atoms with Crippen LogP contribution in [0.5, 0.6) is 5.75 Å². The number of hydrogen-bond donors (Lipinski definition) is 1. The Hall–Kier alpha value is -2.49. The lowest BCUT2D eigenvalue weighted by molar-refractivity contribution is 0.476. The zero-order valence-electron chi connectivity index (χ0n) is 9.34. The average Bonchev–Trinajstić information content (AvgIpc) is 2.38. The van der Waals surface area contributed by atoms with Crippen LogP contribution < -0.4 is 0 Å². The highest BCUT2D eigenvalue weighted by atomic mass is 19.1. The second-order valence-corrected chi connectivity index (χ2v) is 3.93. The van der Waals surface area contributed by atoms with Crippen molar-refractivity contribution in [1.82, 2.24) is 9.97 Å². The van der Waals surface area contributed by atoms with Crippen molar-refractivity contribution in [3.8, 4) is 17.0 Å². The third kappa shape index (κ3) is 1.78. The number of aromatic hydroxyl groups is 1. The summed E-state index contributed by atoms with van der Waals surface area (Å²) in [6.45, 7) is 0. The van der Waals surface area contributed by atoms with Crippen LogP contribution in [-0.4, -0.2) is 15.1 Å². The molecule has 0 saturated carbocycles. The standard InChI is InChI=1S/C14H9FN2O/c15-10-3-1-9(2-4-10)14-12-6-5-11(18)7-13(12)16-8-17-14/h1-8,18H. The summed E-state index contributed by atoms with van der Waals surface area (Å²) in [5, 5.41) is 10.2. The molecule has 0 amide bonds. The Bertz CT molecular complexity index is 711. The Balaban J connectivity index is 2.26. The number of phenolic OH excluding ortho intramolecular Hbond substituents is 1. The highest BCUT2D eigenvalue weighted by Gasteiger charge is 2.06. The summed E-state index contributed by atoms with van der Waals surface area (Å²) in [5.74, 6) is -0.124. The van der Waals surface area contributed by atoms with Gasteiger partial charge in [0.1, 0.15) is 17.9 Å². The zero-order valence-corrected chi connectivity index (χ0v) is 9.34. The molecule has 2 aromatic carbocycles. The SMILES string of the molecule is Oc1ccc2c(-c3ccc(F)cc3)ncnc2c1. The quantitative estimate of drug-likeness (QED) is 0.710. The molecule has 0 aliphatic rings. The van der Waals surface area contributed by atoms with E-state index in [0.29, 0.717) is 5.52 Å².